The highest BCUT2D eigenvalue weighted by Crippen LogP contribution is 2.15. The first-order valence-electron chi connectivity index (χ1n) is 6.11. The van der Waals surface area contributed by atoms with Crippen LogP contribution in [-0.4, -0.2) is 23.5 Å². The maximum Gasteiger partial charge on any atom is 0.243 e. The molecule has 5 nitrogen and oxygen atoms in total. The number of hydrogen-bond acceptors (Lipinski definition) is 3. The Hall–Kier alpha value is -1.88. The summed E-state index contributed by atoms with van der Waals surface area (Å²) in [6, 6.07) is 6.98. The quantitative estimate of drug-likeness (QED) is 0.766. The molecule has 0 fully saturated rings. The fourth-order valence-corrected chi connectivity index (χ4v) is 1.40. The van der Waals surface area contributed by atoms with Gasteiger partial charge in [0.05, 0.1) is 13.2 Å². The van der Waals surface area contributed by atoms with E-state index in [-0.39, 0.29) is 25.0 Å². The first-order valence-corrected chi connectivity index (χ1v) is 6.11. The third-order valence-corrected chi connectivity index (χ3v) is 2.55. The Morgan fingerprint density at radius 2 is 1.84 bits per heavy atom. The van der Waals surface area contributed by atoms with E-state index < -0.39 is 5.41 Å². The number of aliphatic hydroxyl groups excluding tert-OH is 1. The van der Waals surface area contributed by atoms with Gasteiger partial charge < -0.3 is 15.7 Å². The molecule has 1 aromatic rings. The summed E-state index contributed by atoms with van der Waals surface area (Å²) in [7, 11) is 0. The zero-order valence-electron chi connectivity index (χ0n) is 11.5. The van der Waals surface area contributed by atoms with Crippen LogP contribution in [0.5, 0.6) is 0 Å². The second kappa shape index (κ2) is 6.33. The van der Waals surface area contributed by atoms with E-state index in [4.69, 9.17) is 5.11 Å². The number of rotatable bonds is 4. The van der Waals surface area contributed by atoms with Crippen LogP contribution in [0.15, 0.2) is 24.3 Å². The first kappa shape index (κ1) is 15.2. The van der Waals surface area contributed by atoms with E-state index >= 15 is 0 Å². The topological polar surface area (TPSA) is 78.4 Å². The molecule has 0 aliphatic rings. The minimum absolute atomic E-state index is 0.0874. The van der Waals surface area contributed by atoms with Gasteiger partial charge in [-0.3, -0.25) is 9.59 Å². The van der Waals surface area contributed by atoms with Gasteiger partial charge in [0.25, 0.3) is 0 Å². The van der Waals surface area contributed by atoms with E-state index in [2.05, 4.69) is 10.6 Å². The molecule has 1 rings (SSSR count). The van der Waals surface area contributed by atoms with Crippen LogP contribution in [0.2, 0.25) is 0 Å². The van der Waals surface area contributed by atoms with E-state index in [0.29, 0.717) is 11.3 Å². The molecular weight excluding hydrogens is 244 g/mol. The maximum atomic E-state index is 11.7. The van der Waals surface area contributed by atoms with Crippen molar-refractivity contribution in [2.75, 3.05) is 11.9 Å². The fourth-order valence-electron chi connectivity index (χ4n) is 1.40. The molecule has 0 saturated heterocycles. The van der Waals surface area contributed by atoms with E-state index in [1.807, 2.05) is 0 Å². The molecule has 0 heterocycles. The Morgan fingerprint density at radius 3 is 2.42 bits per heavy atom. The molecule has 19 heavy (non-hydrogen) atoms. The number of aliphatic hydroxyl groups is 1. The van der Waals surface area contributed by atoms with E-state index in [0.717, 1.165) is 0 Å². The number of benzene rings is 1. The molecule has 0 spiro atoms. The normalized spacial score (nSPS) is 10.9. The van der Waals surface area contributed by atoms with Gasteiger partial charge in [0.2, 0.25) is 11.8 Å². The second-order valence-electron chi connectivity index (χ2n) is 5.30. The van der Waals surface area contributed by atoms with Crippen LogP contribution in [0.25, 0.3) is 0 Å². The number of carbonyl (C=O) groups is 2. The van der Waals surface area contributed by atoms with Crippen molar-refractivity contribution in [1.29, 1.82) is 0 Å². The Morgan fingerprint density at radius 1 is 1.21 bits per heavy atom. The predicted octanol–water partition coefficient (Wildman–Crippen LogP) is 1.28. The van der Waals surface area contributed by atoms with Crippen molar-refractivity contribution in [2.45, 2.75) is 27.4 Å². The van der Waals surface area contributed by atoms with Crippen molar-refractivity contribution < 1.29 is 14.7 Å². The van der Waals surface area contributed by atoms with Gasteiger partial charge in [0.15, 0.2) is 0 Å². The average Bonchev–Trinajstić information content (AvgIpc) is 2.35. The first-order chi connectivity index (χ1) is 8.84. The summed E-state index contributed by atoms with van der Waals surface area (Å²) in [6.07, 6.45) is 0. The van der Waals surface area contributed by atoms with Crippen molar-refractivity contribution in [3.63, 3.8) is 0 Å². The number of anilines is 1. The van der Waals surface area contributed by atoms with Crippen molar-refractivity contribution >= 4 is 17.5 Å². The van der Waals surface area contributed by atoms with Crippen LogP contribution in [0.4, 0.5) is 5.69 Å². The molecule has 0 unspecified atom stereocenters. The van der Waals surface area contributed by atoms with Crippen LogP contribution in [0, 0.1) is 5.41 Å². The molecule has 0 radical (unpaired) electrons. The average molecular weight is 264 g/mol. The SMILES string of the molecule is CC(C)(C)C(=O)NCC(=O)Nc1ccccc1CO. The molecule has 1 aromatic carbocycles. The fraction of sp³-hybridized carbons (Fsp3) is 0.429. The van der Waals surface area contributed by atoms with Crippen molar-refractivity contribution in [1.82, 2.24) is 5.32 Å². The largest absolute Gasteiger partial charge is 0.392 e. The lowest BCUT2D eigenvalue weighted by molar-refractivity contribution is -0.130. The molecule has 0 aromatic heterocycles. The van der Waals surface area contributed by atoms with Gasteiger partial charge in [-0.15, -0.1) is 0 Å². The van der Waals surface area contributed by atoms with Gasteiger partial charge >= 0.3 is 0 Å². The highest BCUT2D eigenvalue weighted by atomic mass is 16.3. The zero-order valence-corrected chi connectivity index (χ0v) is 11.5. The standard InChI is InChI=1S/C14H20N2O3/c1-14(2,3)13(19)15-8-12(18)16-11-7-5-4-6-10(11)9-17/h4-7,17H,8-9H2,1-3H3,(H,15,19)(H,16,18). The van der Waals surface area contributed by atoms with Gasteiger partial charge in [-0.1, -0.05) is 39.0 Å². The van der Waals surface area contributed by atoms with E-state index in [1.165, 1.54) is 0 Å². The maximum absolute atomic E-state index is 11.7. The molecule has 2 amide bonds. The minimum atomic E-state index is -0.525. The summed E-state index contributed by atoms with van der Waals surface area (Å²) in [4.78, 5) is 23.3. The molecule has 0 saturated carbocycles. The summed E-state index contributed by atoms with van der Waals surface area (Å²) in [5.41, 5.74) is 0.668. The Labute approximate surface area is 113 Å². The molecule has 0 atom stereocenters. The molecule has 0 bridgehead atoms. The third-order valence-electron chi connectivity index (χ3n) is 2.55. The number of nitrogens with one attached hydrogen (secondary N) is 2. The summed E-state index contributed by atoms with van der Waals surface area (Å²) in [6.45, 7) is 5.10. The zero-order chi connectivity index (χ0) is 14.5. The monoisotopic (exact) mass is 264 g/mol. The molecule has 104 valence electrons. The summed E-state index contributed by atoms with van der Waals surface area (Å²) >= 11 is 0. The van der Waals surface area contributed by atoms with Crippen LogP contribution in [-0.2, 0) is 16.2 Å². The summed E-state index contributed by atoms with van der Waals surface area (Å²) < 4.78 is 0. The number of para-hydroxylation sites is 1. The molecule has 0 aliphatic heterocycles. The number of hydrogen-bond donors (Lipinski definition) is 3. The number of amides is 2. The van der Waals surface area contributed by atoms with Crippen molar-refractivity contribution in [3.05, 3.63) is 29.8 Å². The highest BCUT2D eigenvalue weighted by Gasteiger charge is 2.21. The van der Waals surface area contributed by atoms with E-state index in [1.54, 1.807) is 45.0 Å². The number of carbonyl (C=O) groups excluding carboxylic acids is 2. The Balaban J connectivity index is 2.54. The predicted molar refractivity (Wildman–Crippen MR) is 73.5 cm³/mol. The van der Waals surface area contributed by atoms with E-state index in [9.17, 15) is 9.59 Å². The molecular formula is C14H20N2O3. The molecule has 3 N–H and O–H groups in total. The van der Waals surface area contributed by atoms with Gasteiger partial charge in [-0.2, -0.15) is 0 Å². The van der Waals surface area contributed by atoms with Gasteiger partial charge in [0, 0.05) is 16.7 Å². The van der Waals surface area contributed by atoms with Crippen molar-refractivity contribution in [3.8, 4) is 0 Å². The molecule has 5 heteroatoms. The van der Waals surface area contributed by atoms with Crippen LogP contribution >= 0.6 is 0 Å². The van der Waals surface area contributed by atoms with Gasteiger partial charge in [-0.25, -0.2) is 0 Å². The van der Waals surface area contributed by atoms with Gasteiger partial charge in [-0.05, 0) is 6.07 Å². The van der Waals surface area contributed by atoms with Crippen LogP contribution in [0.3, 0.4) is 0 Å². The second-order valence-corrected chi connectivity index (χ2v) is 5.30. The lowest BCUT2D eigenvalue weighted by Crippen LogP contribution is -2.39. The highest BCUT2D eigenvalue weighted by molar-refractivity contribution is 5.95. The lowest BCUT2D eigenvalue weighted by Gasteiger charge is -2.17. The van der Waals surface area contributed by atoms with Crippen molar-refractivity contribution in [2.24, 2.45) is 5.41 Å². The smallest absolute Gasteiger partial charge is 0.243 e. The molecule has 0 aliphatic carbocycles. The summed E-state index contributed by atoms with van der Waals surface area (Å²) in [5.74, 6) is -0.503. The van der Waals surface area contributed by atoms with Crippen LogP contribution in [0.1, 0.15) is 26.3 Å². The summed E-state index contributed by atoms with van der Waals surface area (Å²) in [5, 5.41) is 14.4. The van der Waals surface area contributed by atoms with Crippen LogP contribution < -0.4 is 10.6 Å². The lowest BCUT2D eigenvalue weighted by atomic mass is 9.96. The third kappa shape index (κ3) is 4.71. The Bertz CT molecular complexity index is 464. The van der Waals surface area contributed by atoms with Gasteiger partial charge in [0.1, 0.15) is 0 Å². The Kier molecular flexibility index (Phi) is 5.06. The minimum Gasteiger partial charge on any atom is -0.392 e.